The van der Waals surface area contributed by atoms with Crippen molar-refractivity contribution in [1.82, 2.24) is 0 Å². The van der Waals surface area contributed by atoms with Crippen molar-refractivity contribution in [2.75, 3.05) is 0 Å². The molecular weight excluding hydrogens is 451 g/mol. The average molecular weight is 478 g/mol. The topological polar surface area (TPSA) is 89.9 Å². The van der Waals surface area contributed by atoms with Gasteiger partial charge < -0.3 is 14.6 Å². The van der Waals surface area contributed by atoms with Gasteiger partial charge in [-0.1, -0.05) is 27.7 Å². The van der Waals surface area contributed by atoms with Crippen molar-refractivity contribution in [3.05, 3.63) is 0 Å². The number of esters is 2. The molecule has 2 aliphatic heterocycles. The van der Waals surface area contributed by atoms with Gasteiger partial charge in [0.1, 0.15) is 0 Å². The maximum absolute atomic E-state index is 11.6. The highest BCUT2D eigenvalue weighted by Gasteiger charge is 2.76. The van der Waals surface area contributed by atoms with Gasteiger partial charge in [-0.25, -0.2) is 4.79 Å². The zero-order valence-corrected chi connectivity index (χ0v) is 18.4. The predicted octanol–water partition coefficient (Wildman–Crippen LogP) is 3.69. The van der Waals surface area contributed by atoms with Crippen LogP contribution in [-0.2, 0) is 23.9 Å². The Labute approximate surface area is 167 Å². The molecular formula is C19H27IO6. The molecule has 4 bridgehead atoms. The van der Waals surface area contributed by atoms with Crippen molar-refractivity contribution in [1.29, 1.82) is 0 Å². The van der Waals surface area contributed by atoms with E-state index in [1.807, 2.05) is 6.92 Å². The summed E-state index contributed by atoms with van der Waals surface area (Å²) >= 11 is 2.30. The van der Waals surface area contributed by atoms with Crippen LogP contribution in [0.3, 0.4) is 0 Å². The number of halogens is 1. The predicted molar refractivity (Wildman–Crippen MR) is 102 cm³/mol. The monoisotopic (exact) mass is 478 g/mol. The highest BCUT2D eigenvalue weighted by Crippen LogP contribution is 2.68. The first-order valence-electron chi connectivity index (χ1n) is 9.01. The molecule has 4 fully saturated rings. The van der Waals surface area contributed by atoms with Gasteiger partial charge in [-0.3, -0.25) is 9.59 Å². The smallest absolute Gasteiger partial charge is 0.348 e. The van der Waals surface area contributed by atoms with Crippen LogP contribution in [0.15, 0.2) is 0 Å². The molecule has 2 heterocycles. The molecule has 0 aromatic carbocycles. The lowest BCUT2D eigenvalue weighted by atomic mass is 9.66. The Balaban J connectivity index is 0.000000152. The molecule has 2 saturated heterocycles. The van der Waals surface area contributed by atoms with Gasteiger partial charge in [-0.05, 0) is 62.1 Å². The first kappa shape index (κ1) is 19.9. The number of carbonyl (C=O) groups excluding carboxylic acids is 2. The molecule has 2 saturated carbocycles. The number of ether oxygens (including phenoxy) is 2. The van der Waals surface area contributed by atoms with Gasteiger partial charge in [0, 0.05) is 10.8 Å². The molecule has 4 rings (SSSR count). The van der Waals surface area contributed by atoms with Gasteiger partial charge in [-0.15, -0.1) is 0 Å². The summed E-state index contributed by atoms with van der Waals surface area (Å²) in [6.45, 7) is 11.7. The Hall–Kier alpha value is -0.860. The van der Waals surface area contributed by atoms with Crippen molar-refractivity contribution >= 4 is 40.5 Å². The highest BCUT2D eigenvalue weighted by molar-refractivity contribution is 14.1. The van der Waals surface area contributed by atoms with Gasteiger partial charge in [0.2, 0.25) is 5.60 Å². The lowest BCUT2D eigenvalue weighted by Gasteiger charge is -2.32. The minimum absolute atomic E-state index is 0.00634. The molecule has 0 radical (unpaired) electrons. The van der Waals surface area contributed by atoms with Gasteiger partial charge >= 0.3 is 17.9 Å². The number of aliphatic carboxylic acids is 1. The van der Waals surface area contributed by atoms with E-state index in [2.05, 4.69) is 36.4 Å². The van der Waals surface area contributed by atoms with Gasteiger partial charge in [0.25, 0.3) is 0 Å². The molecule has 1 N–H and O–H groups in total. The van der Waals surface area contributed by atoms with E-state index in [9.17, 15) is 19.5 Å². The third kappa shape index (κ3) is 1.91. The molecule has 7 heteroatoms. The minimum Gasteiger partial charge on any atom is -0.478 e. The van der Waals surface area contributed by atoms with E-state index < -0.39 is 22.4 Å². The third-order valence-corrected chi connectivity index (χ3v) is 10.5. The summed E-state index contributed by atoms with van der Waals surface area (Å²) in [6.07, 6.45) is 3.01. The average Bonchev–Trinajstić information content (AvgIpc) is 2.95. The van der Waals surface area contributed by atoms with Crippen molar-refractivity contribution < 1.29 is 29.0 Å². The van der Waals surface area contributed by atoms with Crippen LogP contribution in [-0.4, -0.2) is 32.2 Å². The molecule has 4 aliphatic rings. The Morgan fingerprint density at radius 3 is 1.50 bits per heavy atom. The summed E-state index contributed by atoms with van der Waals surface area (Å²) < 4.78 is 10.3. The molecule has 0 amide bonds. The second-order valence-corrected chi connectivity index (χ2v) is 11.3. The maximum atomic E-state index is 11.6. The van der Waals surface area contributed by atoms with E-state index in [-0.39, 0.29) is 26.4 Å². The molecule has 2 aliphatic carbocycles. The van der Waals surface area contributed by atoms with Crippen LogP contribution < -0.4 is 0 Å². The molecule has 146 valence electrons. The summed E-state index contributed by atoms with van der Waals surface area (Å²) in [7, 11) is 0. The van der Waals surface area contributed by atoms with Gasteiger partial charge in [-0.2, -0.15) is 0 Å². The molecule has 0 spiro atoms. The van der Waals surface area contributed by atoms with E-state index in [1.165, 1.54) is 0 Å². The Morgan fingerprint density at radius 1 is 0.846 bits per heavy atom. The van der Waals surface area contributed by atoms with E-state index >= 15 is 0 Å². The van der Waals surface area contributed by atoms with Crippen LogP contribution in [0.2, 0.25) is 0 Å². The maximum Gasteiger partial charge on any atom is 0.348 e. The quantitative estimate of drug-likeness (QED) is 0.351. The lowest BCUT2D eigenvalue weighted by Crippen LogP contribution is -2.47. The van der Waals surface area contributed by atoms with Crippen LogP contribution in [0, 0.1) is 21.7 Å². The van der Waals surface area contributed by atoms with E-state index in [4.69, 9.17) is 9.47 Å². The number of rotatable bonds is 1. The fourth-order valence-electron chi connectivity index (χ4n) is 4.96. The van der Waals surface area contributed by atoms with E-state index in [0.29, 0.717) is 12.8 Å². The largest absolute Gasteiger partial charge is 0.478 e. The summed E-state index contributed by atoms with van der Waals surface area (Å²) in [6, 6.07) is 0. The van der Waals surface area contributed by atoms with Crippen molar-refractivity contribution in [2.45, 2.75) is 76.4 Å². The second-order valence-electron chi connectivity index (χ2n) is 9.55. The Morgan fingerprint density at radius 2 is 1.31 bits per heavy atom. The first-order chi connectivity index (χ1) is 11.6. The summed E-state index contributed by atoms with van der Waals surface area (Å²) in [5, 5.41) is 9.18. The molecule has 0 aromatic rings. The number of fused-ring (bicyclic) bond motifs is 4. The SMILES string of the molecule is CC12CCC(C(=O)O)(OC1=O)C2(C)C.CC12CCC(I)(OC1=O)C2(C)C. The third-order valence-electron chi connectivity index (χ3n) is 8.39. The van der Waals surface area contributed by atoms with Crippen molar-refractivity contribution in [3.8, 4) is 0 Å². The van der Waals surface area contributed by atoms with Crippen LogP contribution in [0.4, 0.5) is 0 Å². The van der Waals surface area contributed by atoms with E-state index in [1.54, 1.807) is 20.8 Å². The number of carboxylic acid groups (broad SMARTS) is 1. The fourth-order valence-corrected chi connectivity index (χ4v) is 6.03. The lowest BCUT2D eigenvalue weighted by molar-refractivity contribution is -0.178. The van der Waals surface area contributed by atoms with Crippen LogP contribution >= 0.6 is 22.6 Å². The van der Waals surface area contributed by atoms with Gasteiger partial charge in [0.05, 0.1) is 10.8 Å². The second kappa shape index (κ2) is 5.14. The Bertz CT molecular complexity index is 715. The summed E-state index contributed by atoms with van der Waals surface area (Å²) in [4.78, 5) is 34.4. The van der Waals surface area contributed by atoms with Crippen LogP contribution in [0.1, 0.15) is 67.2 Å². The molecule has 26 heavy (non-hydrogen) atoms. The summed E-state index contributed by atoms with van der Waals surface area (Å²) in [5.74, 6) is -1.39. The highest BCUT2D eigenvalue weighted by atomic mass is 127. The van der Waals surface area contributed by atoms with Crippen LogP contribution in [0.5, 0.6) is 0 Å². The number of hydrogen-bond donors (Lipinski definition) is 1. The van der Waals surface area contributed by atoms with Crippen molar-refractivity contribution in [2.24, 2.45) is 21.7 Å². The zero-order chi connectivity index (χ0) is 20.0. The Kier molecular flexibility index (Phi) is 3.93. The minimum atomic E-state index is -1.29. The molecule has 4 unspecified atom stereocenters. The number of alkyl halides is 1. The number of carbonyl (C=O) groups is 3. The van der Waals surface area contributed by atoms with E-state index in [0.717, 1.165) is 12.8 Å². The zero-order valence-electron chi connectivity index (χ0n) is 16.2. The summed E-state index contributed by atoms with van der Waals surface area (Å²) in [5.41, 5.74) is -2.81. The normalized spacial score (nSPS) is 46.4. The van der Waals surface area contributed by atoms with Gasteiger partial charge in [0.15, 0.2) is 3.61 Å². The molecule has 6 nitrogen and oxygen atoms in total. The van der Waals surface area contributed by atoms with Crippen LogP contribution in [0.25, 0.3) is 0 Å². The molecule has 4 atom stereocenters. The molecule has 0 aromatic heterocycles. The first-order valence-corrected chi connectivity index (χ1v) is 10.1. The number of hydrogen-bond acceptors (Lipinski definition) is 5. The fraction of sp³-hybridized carbons (Fsp3) is 0.842. The number of carboxylic acids is 1. The van der Waals surface area contributed by atoms with Crippen molar-refractivity contribution in [3.63, 3.8) is 0 Å². The standard InChI is InChI=1S/C10H14O4.C9H13IO2/c1-8(2)9(3)4-5-10(8,6(11)12)14-7(9)13;1-7(2)8(3)4-5-9(7,10)12-6(8)11/h4-5H2,1-3H3,(H,11,12);4-5H2,1-3H3.